The zero-order chi connectivity index (χ0) is 13.5. The minimum Gasteiger partial charge on any atom is -0.393 e. The molecule has 1 aliphatic heterocycles. The first-order chi connectivity index (χ1) is 9.19. The minimum absolute atomic E-state index is 0.536. The number of para-hydroxylation sites is 1. The summed E-state index contributed by atoms with van der Waals surface area (Å²) >= 11 is 0. The predicted molar refractivity (Wildman–Crippen MR) is 79.4 cm³/mol. The number of nitrogens with two attached hydrogens (primary N) is 1. The summed E-state index contributed by atoms with van der Waals surface area (Å²) in [7, 11) is 2.13. The van der Waals surface area contributed by atoms with E-state index < -0.39 is 0 Å². The van der Waals surface area contributed by atoms with E-state index in [0.717, 1.165) is 22.6 Å². The van der Waals surface area contributed by atoms with E-state index >= 15 is 0 Å². The SMILES string of the molecule is C=CC1=C(N)c2ccccc2[N+]1(C)c1ccncc1. The molecule has 1 aliphatic rings. The maximum atomic E-state index is 6.29. The van der Waals surface area contributed by atoms with E-state index in [1.165, 1.54) is 5.69 Å². The van der Waals surface area contributed by atoms with Gasteiger partial charge in [-0.1, -0.05) is 18.7 Å². The molecule has 3 rings (SSSR count). The van der Waals surface area contributed by atoms with Gasteiger partial charge >= 0.3 is 0 Å². The second-order valence-corrected chi connectivity index (χ2v) is 4.73. The third-order valence-corrected chi connectivity index (χ3v) is 3.81. The van der Waals surface area contributed by atoms with Gasteiger partial charge in [0.05, 0.1) is 12.6 Å². The Morgan fingerprint density at radius 1 is 1.16 bits per heavy atom. The molecule has 3 nitrogen and oxygen atoms in total. The number of likely N-dealkylation sites (N-methyl/N-ethyl adjacent to an activating group) is 1. The summed E-state index contributed by atoms with van der Waals surface area (Å²) in [6, 6.07) is 12.2. The Labute approximate surface area is 112 Å². The van der Waals surface area contributed by atoms with E-state index in [-0.39, 0.29) is 0 Å². The lowest BCUT2D eigenvalue weighted by Gasteiger charge is -2.30. The van der Waals surface area contributed by atoms with Gasteiger partial charge in [-0.2, -0.15) is 0 Å². The molecule has 0 aliphatic carbocycles. The van der Waals surface area contributed by atoms with Crippen molar-refractivity contribution >= 4 is 17.1 Å². The second-order valence-electron chi connectivity index (χ2n) is 4.73. The normalized spacial score (nSPS) is 21.3. The number of benzene rings is 1. The third-order valence-electron chi connectivity index (χ3n) is 3.81. The minimum atomic E-state index is 0.536. The van der Waals surface area contributed by atoms with E-state index in [4.69, 9.17) is 5.73 Å². The van der Waals surface area contributed by atoms with Crippen LogP contribution in [0.1, 0.15) is 5.56 Å². The largest absolute Gasteiger partial charge is 0.393 e. The highest BCUT2D eigenvalue weighted by atomic mass is 15.4. The molecule has 0 saturated heterocycles. The van der Waals surface area contributed by atoms with Crippen LogP contribution in [-0.4, -0.2) is 12.0 Å². The first-order valence-corrected chi connectivity index (χ1v) is 6.19. The summed E-state index contributed by atoms with van der Waals surface area (Å²) in [6.45, 7) is 3.93. The van der Waals surface area contributed by atoms with E-state index in [1.54, 1.807) is 12.4 Å². The second kappa shape index (κ2) is 4.07. The van der Waals surface area contributed by atoms with Crippen LogP contribution in [0.4, 0.5) is 11.4 Å². The van der Waals surface area contributed by atoms with Crippen LogP contribution in [0.2, 0.25) is 0 Å². The van der Waals surface area contributed by atoms with Crippen LogP contribution in [0.5, 0.6) is 0 Å². The van der Waals surface area contributed by atoms with Gasteiger partial charge < -0.3 is 5.73 Å². The molecule has 1 aromatic carbocycles. The van der Waals surface area contributed by atoms with Gasteiger partial charge in [0.1, 0.15) is 11.4 Å². The lowest BCUT2D eigenvalue weighted by molar-refractivity contribution is 0.590. The van der Waals surface area contributed by atoms with E-state index in [9.17, 15) is 0 Å². The smallest absolute Gasteiger partial charge is 0.166 e. The number of quaternary nitrogens is 1. The summed E-state index contributed by atoms with van der Waals surface area (Å²) in [4.78, 5) is 4.09. The van der Waals surface area contributed by atoms with Crippen molar-refractivity contribution in [2.75, 3.05) is 7.05 Å². The van der Waals surface area contributed by atoms with Crippen LogP contribution in [-0.2, 0) is 0 Å². The van der Waals surface area contributed by atoms with Gasteiger partial charge in [-0.3, -0.25) is 4.98 Å². The third kappa shape index (κ3) is 1.45. The van der Waals surface area contributed by atoms with E-state index in [1.807, 2.05) is 30.3 Å². The molecule has 1 unspecified atom stereocenters. The number of aromatic nitrogens is 1. The van der Waals surface area contributed by atoms with Crippen molar-refractivity contribution in [3.8, 4) is 0 Å². The molecular weight excluding hydrogens is 234 g/mol. The average molecular weight is 250 g/mol. The molecule has 0 spiro atoms. The fraction of sp³-hybridized carbons (Fsp3) is 0.0625. The van der Waals surface area contributed by atoms with Gasteiger partial charge in [0, 0.05) is 30.6 Å². The monoisotopic (exact) mass is 250 g/mol. The Hall–Kier alpha value is -2.39. The molecule has 3 heteroatoms. The summed E-state index contributed by atoms with van der Waals surface area (Å²) in [5.41, 5.74) is 11.5. The molecule has 2 N–H and O–H groups in total. The lowest BCUT2D eigenvalue weighted by Crippen LogP contribution is -2.36. The maximum absolute atomic E-state index is 6.29. The number of allylic oxidation sites excluding steroid dienone is 1. The molecule has 0 saturated carbocycles. The summed E-state index contributed by atoms with van der Waals surface area (Å²) < 4.78 is 0.536. The first-order valence-electron chi connectivity index (χ1n) is 6.19. The van der Waals surface area contributed by atoms with Crippen molar-refractivity contribution in [2.24, 2.45) is 5.73 Å². The Morgan fingerprint density at radius 2 is 1.84 bits per heavy atom. The highest BCUT2D eigenvalue weighted by molar-refractivity contribution is 5.89. The number of fused-ring (bicyclic) bond motifs is 1. The number of pyridine rings is 1. The van der Waals surface area contributed by atoms with Gasteiger partial charge in [0.2, 0.25) is 0 Å². The fourth-order valence-corrected chi connectivity index (χ4v) is 2.81. The Morgan fingerprint density at radius 3 is 2.53 bits per heavy atom. The van der Waals surface area contributed by atoms with Crippen LogP contribution >= 0.6 is 0 Å². The van der Waals surface area contributed by atoms with Gasteiger partial charge in [-0.15, -0.1) is 0 Å². The van der Waals surface area contributed by atoms with Crippen LogP contribution in [0.15, 0.2) is 67.1 Å². The van der Waals surface area contributed by atoms with Gasteiger partial charge in [0.25, 0.3) is 0 Å². The molecule has 1 aromatic heterocycles. The molecule has 0 bridgehead atoms. The molecule has 19 heavy (non-hydrogen) atoms. The molecule has 0 amide bonds. The number of rotatable bonds is 2. The van der Waals surface area contributed by atoms with E-state index in [2.05, 4.69) is 30.7 Å². The Bertz CT molecular complexity index is 673. The van der Waals surface area contributed by atoms with Crippen molar-refractivity contribution < 1.29 is 0 Å². The van der Waals surface area contributed by atoms with Crippen LogP contribution < -0.4 is 10.2 Å². The van der Waals surface area contributed by atoms with Crippen LogP contribution in [0, 0.1) is 0 Å². The van der Waals surface area contributed by atoms with Crippen LogP contribution in [0.3, 0.4) is 0 Å². The average Bonchev–Trinajstić information content (AvgIpc) is 2.70. The van der Waals surface area contributed by atoms with Crippen LogP contribution in [0.25, 0.3) is 5.70 Å². The molecular formula is C16H16N3+. The first kappa shape index (κ1) is 11.7. The van der Waals surface area contributed by atoms with Gasteiger partial charge in [0.15, 0.2) is 11.4 Å². The summed E-state index contributed by atoms with van der Waals surface area (Å²) in [5.74, 6) is 0. The number of hydrogen-bond acceptors (Lipinski definition) is 2. The van der Waals surface area contributed by atoms with Gasteiger partial charge in [-0.05, 0) is 12.1 Å². The zero-order valence-corrected chi connectivity index (χ0v) is 10.9. The molecule has 2 heterocycles. The molecule has 0 fully saturated rings. The predicted octanol–water partition coefficient (Wildman–Crippen LogP) is 3.18. The van der Waals surface area contributed by atoms with Crippen molar-refractivity contribution in [3.63, 3.8) is 0 Å². The van der Waals surface area contributed by atoms with Crippen molar-refractivity contribution in [2.45, 2.75) is 0 Å². The zero-order valence-electron chi connectivity index (χ0n) is 10.9. The maximum Gasteiger partial charge on any atom is 0.166 e. The van der Waals surface area contributed by atoms with E-state index in [0.29, 0.717) is 4.48 Å². The summed E-state index contributed by atoms with van der Waals surface area (Å²) in [6.07, 6.45) is 5.45. The highest BCUT2D eigenvalue weighted by Gasteiger charge is 2.42. The molecule has 0 radical (unpaired) electrons. The topological polar surface area (TPSA) is 38.9 Å². The highest BCUT2D eigenvalue weighted by Crippen LogP contribution is 2.47. The molecule has 2 aromatic rings. The number of hydrogen-bond donors (Lipinski definition) is 1. The Balaban J connectivity index is 2.34. The quantitative estimate of drug-likeness (QED) is 0.831. The Kier molecular flexibility index (Phi) is 2.50. The number of nitrogens with zero attached hydrogens (tertiary/aromatic N) is 2. The van der Waals surface area contributed by atoms with Crippen molar-refractivity contribution in [1.82, 2.24) is 9.47 Å². The fourth-order valence-electron chi connectivity index (χ4n) is 2.81. The van der Waals surface area contributed by atoms with Crippen molar-refractivity contribution in [1.29, 1.82) is 0 Å². The van der Waals surface area contributed by atoms with Crippen molar-refractivity contribution in [3.05, 3.63) is 72.7 Å². The molecule has 94 valence electrons. The lowest BCUT2D eigenvalue weighted by atomic mass is 10.1. The molecule has 1 atom stereocenters. The standard InChI is InChI=1S/C16H16N3/c1-3-14-16(17)13-6-4-5-7-15(13)19(14,2)12-8-10-18-11-9-12/h3-11H,1,17H2,2H3/q+1. The summed E-state index contributed by atoms with van der Waals surface area (Å²) in [5, 5.41) is 0. The van der Waals surface area contributed by atoms with Gasteiger partial charge in [-0.25, -0.2) is 4.48 Å².